The van der Waals surface area contributed by atoms with Gasteiger partial charge in [0.25, 0.3) is 0 Å². The predicted octanol–water partition coefficient (Wildman–Crippen LogP) is 3.14. The highest BCUT2D eigenvalue weighted by Crippen LogP contribution is 2.14. The van der Waals surface area contributed by atoms with Crippen LogP contribution in [-0.4, -0.2) is 64.6 Å². The molecule has 4 nitrogen and oxygen atoms in total. The molecule has 0 bridgehead atoms. The lowest BCUT2D eigenvalue weighted by atomic mass is 10.00. The van der Waals surface area contributed by atoms with Gasteiger partial charge in [-0.25, -0.2) is 0 Å². The molecule has 0 aliphatic carbocycles. The van der Waals surface area contributed by atoms with Crippen molar-refractivity contribution >= 4 is 12.4 Å². The minimum atomic E-state index is 0. The van der Waals surface area contributed by atoms with Gasteiger partial charge in [0, 0.05) is 13.1 Å². The van der Waals surface area contributed by atoms with Gasteiger partial charge < -0.3 is 19.7 Å². The van der Waals surface area contributed by atoms with E-state index in [1.165, 1.54) is 45.3 Å². The van der Waals surface area contributed by atoms with Crippen molar-refractivity contribution in [1.82, 2.24) is 10.2 Å². The fraction of sp³-hybridized carbons (Fsp3) is 0.789. The van der Waals surface area contributed by atoms with Gasteiger partial charge in [-0.1, -0.05) is 12.2 Å². The van der Waals surface area contributed by atoms with Crippen molar-refractivity contribution < 1.29 is 9.47 Å². The van der Waals surface area contributed by atoms with E-state index >= 15 is 0 Å². The normalized spacial score (nSPS) is 24.2. The van der Waals surface area contributed by atoms with Gasteiger partial charge in [-0.3, -0.25) is 0 Å². The third-order valence-electron chi connectivity index (χ3n) is 4.30. The molecule has 2 heterocycles. The maximum absolute atomic E-state index is 5.43. The van der Waals surface area contributed by atoms with Crippen LogP contribution in [0.4, 0.5) is 0 Å². The maximum atomic E-state index is 5.43. The summed E-state index contributed by atoms with van der Waals surface area (Å²) in [4.78, 5) is 2.38. The minimum Gasteiger partial charge on any atom is -0.377 e. The summed E-state index contributed by atoms with van der Waals surface area (Å²) in [5, 5.41) is 3.36. The number of ether oxygens (including phenoxy) is 2. The van der Waals surface area contributed by atoms with Gasteiger partial charge in [0.2, 0.25) is 0 Å². The van der Waals surface area contributed by atoms with E-state index in [1.807, 2.05) is 6.08 Å². The molecule has 2 fully saturated rings. The van der Waals surface area contributed by atoms with E-state index < -0.39 is 0 Å². The molecule has 5 heteroatoms. The molecule has 2 rings (SSSR count). The van der Waals surface area contributed by atoms with Crippen LogP contribution in [0.5, 0.6) is 0 Å². The van der Waals surface area contributed by atoms with E-state index in [4.69, 9.17) is 9.47 Å². The quantitative estimate of drug-likeness (QED) is 0.532. The number of hydrogen-bond donors (Lipinski definition) is 1. The predicted molar refractivity (Wildman–Crippen MR) is 105 cm³/mol. The Morgan fingerprint density at radius 1 is 1.04 bits per heavy atom. The fourth-order valence-electron chi connectivity index (χ4n) is 3.11. The highest BCUT2D eigenvalue weighted by Gasteiger charge is 2.16. The zero-order chi connectivity index (χ0) is 16.8. The first-order chi connectivity index (χ1) is 11.3. The van der Waals surface area contributed by atoms with E-state index in [2.05, 4.69) is 30.4 Å². The van der Waals surface area contributed by atoms with Crippen LogP contribution in [0.3, 0.4) is 0 Å². The number of hydrogen-bond acceptors (Lipinski definition) is 4. The average molecular weight is 361 g/mol. The second-order valence-corrected chi connectivity index (χ2v) is 6.64. The highest BCUT2D eigenvalue weighted by molar-refractivity contribution is 5.85. The topological polar surface area (TPSA) is 33.7 Å². The molecule has 0 saturated carbocycles. The van der Waals surface area contributed by atoms with Crippen molar-refractivity contribution in [3.05, 3.63) is 25.3 Å². The lowest BCUT2D eigenvalue weighted by molar-refractivity contribution is 0.0833. The van der Waals surface area contributed by atoms with Crippen LogP contribution in [0.15, 0.2) is 25.3 Å². The van der Waals surface area contributed by atoms with Crippen LogP contribution in [0.1, 0.15) is 25.7 Å². The van der Waals surface area contributed by atoms with Gasteiger partial charge in [-0.05, 0) is 57.7 Å². The molecule has 0 unspecified atom stereocenters. The zero-order valence-electron chi connectivity index (χ0n) is 15.4. The summed E-state index contributed by atoms with van der Waals surface area (Å²) in [5.41, 5.74) is 0. The van der Waals surface area contributed by atoms with Crippen molar-refractivity contribution in [2.75, 3.05) is 59.7 Å². The molecule has 0 radical (unpaired) electrons. The molecule has 0 aromatic heterocycles. The van der Waals surface area contributed by atoms with Gasteiger partial charge in [0.05, 0.1) is 26.4 Å². The number of nitrogens with zero attached hydrogens (tertiary/aromatic N) is 1. The first kappa shape index (κ1) is 23.6. The Labute approximate surface area is 155 Å². The summed E-state index contributed by atoms with van der Waals surface area (Å²) in [5.74, 6) is 1.47. The zero-order valence-corrected chi connectivity index (χ0v) is 16.2. The summed E-state index contributed by atoms with van der Waals surface area (Å²) in [6, 6.07) is 0. The lowest BCUT2D eigenvalue weighted by Gasteiger charge is -2.29. The minimum absolute atomic E-state index is 0. The summed E-state index contributed by atoms with van der Waals surface area (Å²) >= 11 is 0. The monoisotopic (exact) mass is 360 g/mol. The van der Waals surface area contributed by atoms with Gasteiger partial charge in [0.15, 0.2) is 0 Å². The summed E-state index contributed by atoms with van der Waals surface area (Å²) in [7, 11) is 2.18. The SMILES string of the molecule is C=CCOC[C@H]1CCCN(C)C1.C=CCOC[C@H]1CCCNC1.Cl. The Hall–Kier alpha value is -0.390. The van der Waals surface area contributed by atoms with Crippen LogP contribution in [0.2, 0.25) is 0 Å². The molecular weight excluding hydrogens is 324 g/mol. The molecule has 2 saturated heterocycles. The Balaban J connectivity index is 0.000000425. The van der Waals surface area contributed by atoms with Crippen LogP contribution < -0.4 is 5.32 Å². The molecule has 0 amide bonds. The van der Waals surface area contributed by atoms with E-state index in [-0.39, 0.29) is 12.4 Å². The van der Waals surface area contributed by atoms with E-state index in [9.17, 15) is 0 Å². The summed E-state index contributed by atoms with van der Waals surface area (Å²) in [6.07, 6.45) is 8.86. The van der Waals surface area contributed by atoms with Gasteiger partial charge in [0.1, 0.15) is 0 Å². The van der Waals surface area contributed by atoms with E-state index in [0.717, 1.165) is 31.6 Å². The molecule has 2 atom stereocenters. The molecule has 2 aliphatic rings. The van der Waals surface area contributed by atoms with Crippen LogP contribution in [0.25, 0.3) is 0 Å². The van der Waals surface area contributed by atoms with Crippen molar-refractivity contribution in [3.63, 3.8) is 0 Å². The summed E-state index contributed by atoms with van der Waals surface area (Å²) < 4.78 is 10.8. The van der Waals surface area contributed by atoms with E-state index in [1.54, 1.807) is 6.08 Å². The maximum Gasteiger partial charge on any atom is 0.0644 e. The van der Waals surface area contributed by atoms with Gasteiger partial charge in [-0.2, -0.15) is 0 Å². The fourth-order valence-corrected chi connectivity index (χ4v) is 3.11. The third-order valence-corrected chi connectivity index (χ3v) is 4.30. The first-order valence-corrected chi connectivity index (χ1v) is 9.02. The van der Waals surface area contributed by atoms with E-state index in [0.29, 0.717) is 13.2 Å². The van der Waals surface area contributed by atoms with Crippen molar-refractivity contribution in [3.8, 4) is 0 Å². The van der Waals surface area contributed by atoms with Gasteiger partial charge in [-0.15, -0.1) is 25.6 Å². The molecule has 24 heavy (non-hydrogen) atoms. The molecule has 2 aliphatic heterocycles. The van der Waals surface area contributed by atoms with Gasteiger partial charge >= 0.3 is 0 Å². The van der Waals surface area contributed by atoms with Crippen LogP contribution >= 0.6 is 12.4 Å². The Kier molecular flexibility index (Phi) is 15.8. The Bertz CT molecular complexity index is 310. The number of nitrogens with one attached hydrogen (secondary N) is 1. The summed E-state index contributed by atoms with van der Waals surface area (Å²) in [6.45, 7) is 15.1. The smallest absolute Gasteiger partial charge is 0.0644 e. The second kappa shape index (κ2) is 16.1. The van der Waals surface area contributed by atoms with Crippen LogP contribution in [0, 0.1) is 11.8 Å². The molecule has 0 aromatic rings. The highest BCUT2D eigenvalue weighted by atomic mass is 35.5. The van der Waals surface area contributed by atoms with Crippen molar-refractivity contribution in [2.45, 2.75) is 25.7 Å². The standard InChI is InChI=1S/C10H19NO.C9H17NO.ClH/c1-3-7-12-9-10-5-4-6-11(2)8-10;1-2-6-11-8-9-4-3-5-10-7-9;/h3,10H,1,4-9H2,2H3;2,9-10H,1,3-8H2;1H/t10-;9-;/m00./s1. The molecule has 0 aromatic carbocycles. The second-order valence-electron chi connectivity index (χ2n) is 6.64. The average Bonchev–Trinajstić information content (AvgIpc) is 2.57. The van der Waals surface area contributed by atoms with Crippen molar-refractivity contribution in [1.29, 1.82) is 0 Å². The largest absolute Gasteiger partial charge is 0.377 e. The number of rotatable bonds is 8. The van der Waals surface area contributed by atoms with Crippen molar-refractivity contribution in [2.24, 2.45) is 11.8 Å². The number of likely N-dealkylation sites (tertiary alicyclic amines) is 1. The molecule has 1 N–H and O–H groups in total. The first-order valence-electron chi connectivity index (χ1n) is 9.02. The number of piperidine rings is 2. The molecule has 142 valence electrons. The Morgan fingerprint density at radius 3 is 2.21 bits per heavy atom. The molecular formula is C19H37ClN2O2. The number of halogens is 1. The Morgan fingerprint density at radius 2 is 1.67 bits per heavy atom. The third kappa shape index (κ3) is 12.0. The lowest BCUT2D eigenvalue weighted by Crippen LogP contribution is -2.34. The molecule has 0 spiro atoms. The van der Waals surface area contributed by atoms with Crippen LogP contribution in [-0.2, 0) is 9.47 Å².